The lowest BCUT2D eigenvalue weighted by Crippen LogP contribution is -2.55. The van der Waals surface area contributed by atoms with Crippen LogP contribution in [0.1, 0.15) is 0 Å². The van der Waals surface area contributed by atoms with Crippen LogP contribution in [-0.4, -0.2) is 54.2 Å². The largest absolute Gasteiger partial charge is 0.208 e. The maximum atomic E-state index is 5.21. The highest BCUT2D eigenvalue weighted by Gasteiger charge is 2.20. The first-order valence-electron chi connectivity index (χ1n) is 16.6. The van der Waals surface area contributed by atoms with Gasteiger partial charge in [-0.15, -0.1) is 39.1 Å². The number of nitrogens with zero attached hydrogens (tertiary/aromatic N) is 3. The Morgan fingerprint density at radius 1 is 0.388 bits per heavy atom. The lowest BCUT2D eigenvalue weighted by molar-refractivity contribution is 1.08. The van der Waals surface area contributed by atoms with E-state index in [2.05, 4.69) is 130 Å². The summed E-state index contributed by atoms with van der Waals surface area (Å²) in [5, 5.41) is 5.13. The van der Waals surface area contributed by atoms with Crippen molar-refractivity contribution in [2.75, 3.05) is 0 Å². The number of aromatic nitrogens is 3. The van der Waals surface area contributed by atoms with Crippen molar-refractivity contribution in [3.8, 4) is 45.3 Å². The first kappa shape index (κ1) is 30.2. The minimum absolute atomic E-state index is 0.685. The van der Waals surface area contributed by atoms with Crippen molar-refractivity contribution in [2.24, 2.45) is 0 Å². The van der Waals surface area contributed by atoms with Crippen molar-refractivity contribution in [1.29, 1.82) is 0 Å². The van der Waals surface area contributed by atoms with Crippen molar-refractivity contribution in [1.82, 2.24) is 15.0 Å². The molecule has 0 radical (unpaired) electrons. The molecule has 3 nitrogen and oxygen atoms in total. The summed E-state index contributed by atoms with van der Waals surface area (Å²) in [4.78, 5) is 15.4. The molecule has 0 N–H and O–H groups in total. The van der Waals surface area contributed by atoms with E-state index in [1.54, 1.807) is 0 Å². The van der Waals surface area contributed by atoms with E-state index in [4.69, 9.17) is 15.0 Å². The van der Waals surface area contributed by atoms with Gasteiger partial charge in [-0.05, 0) is 24.3 Å². The molecule has 0 aliphatic rings. The van der Waals surface area contributed by atoms with Crippen LogP contribution in [0.4, 0.5) is 0 Å². The summed E-state index contributed by atoms with van der Waals surface area (Å²) in [7, 11) is 11.0. The number of hydrogen-bond donors (Lipinski definition) is 0. The summed E-state index contributed by atoms with van der Waals surface area (Å²) >= 11 is 3.75. The van der Waals surface area contributed by atoms with Gasteiger partial charge in [-0.25, -0.2) is 15.0 Å². The number of hydrogen-bond acceptors (Lipinski definition) is 5. The molecule has 0 aliphatic carbocycles. The first-order valence-corrected chi connectivity index (χ1v) is 18.3. The Labute approximate surface area is 297 Å². The quantitative estimate of drug-likeness (QED) is 0.274. The molecule has 49 heavy (non-hydrogen) atoms. The highest BCUT2D eigenvalue weighted by atomic mass is 32.1. The van der Waals surface area contributed by atoms with Crippen LogP contribution in [0.2, 0.25) is 0 Å². The Bertz CT molecular complexity index is 2760. The number of thiophene rings is 2. The zero-order chi connectivity index (χ0) is 33.4. The van der Waals surface area contributed by atoms with E-state index >= 15 is 0 Å². The Hall–Kier alpha value is -4.91. The minimum Gasteiger partial charge on any atom is -0.208 e. The van der Waals surface area contributed by atoms with Gasteiger partial charge in [0.25, 0.3) is 0 Å². The van der Waals surface area contributed by atoms with Crippen molar-refractivity contribution in [3.63, 3.8) is 0 Å². The van der Waals surface area contributed by atoms with Crippen molar-refractivity contribution in [2.45, 2.75) is 0 Å². The highest BCUT2D eigenvalue weighted by molar-refractivity contribution is 7.27. The van der Waals surface area contributed by atoms with E-state index in [0.717, 1.165) is 22.5 Å². The fourth-order valence-electron chi connectivity index (χ4n) is 7.28. The van der Waals surface area contributed by atoms with Gasteiger partial charge in [-0.1, -0.05) is 95.9 Å². The van der Waals surface area contributed by atoms with Gasteiger partial charge in [-0.3, -0.25) is 0 Å². The molecule has 0 fully saturated rings. The molecular formula is C39H28B5N3S2. The summed E-state index contributed by atoms with van der Waals surface area (Å²) in [5.74, 6) is 2.09. The normalized spacial score (nSPS) is 11.7. The number of rotatable bonds is 4. The Morgan fingerprint density at radius 2 is 0.898 bits per heavy atom. The second-order valence-corrected chi connectivity index (χ2v) is 15.1. The topological polar surface area (TPSA) is 38.7 Å². The Kier molecular flexibility index (Phi) is 7.15. The van der Waals surface area contributed by atoms with Gasteiger partial charge >= 0.3 is 0 Å². The van der Waals surface area contributed by atoms with Crippen molar-refractivity contribution in [3.05, 3.63) is 109 Å². The van der Waals surface area contributed by atoms with Gasteiger partial charge in [0.2, 0.25) is 0 Å². The molecule has 10 heteroatoms. The van der Waals surface area contributed by atoms with Crippen molar-refractivity contribution >= 4 is 130 Å². The third kappa shape index (κ3) is 4.80. The molecule has 0 atom stereocenters. The molecule has 9 rings (SSSR count). The molecule has 0 saturated heterocycles. The van der Waals surface area contributed by atoms with Crippen LogP contribution in [0.25, 0.3) is 85.6 Å². The second kappa shape index (κ2) is 11.6. The molecule has 6 aromatic carbocycles. The van der Waals surface area contributed by atoms with Crippen LogP contribution in [0.15, 0.2) is 109 Å². The molecule has 0 aliphatic heterocycles. The first-order chi connectivity index (χ1) is 23.9. The second-order valence-electron chi connectivity index (χ2n) is 12.9. The average molecular weight is 657 g/mol. The zero-order valence-electron chi connectivity index (χ0n) is 28.1. The van der Waals surface area contributed by atoms with E-state index in [-0.39, 0.29) is 0 Å². The van der Waals surface area contributed by atoms with Gasteiger partial charge in [0.15, 0.2) is 17.5 Å². The third-order valence-electron chi connectivity index (χ3n) is 10.3. The minimum atomic E-state index is 0.685. The Morgan fingerprint density at radius 3 is 1.57 bits per heavy atom. The van der Waals surface area contributed by atoms with Gasteiger partial charge in [0.1, 0.15) is 39.2 Å². The fourth-order valence-corrected chi connectivity index (χ4v) is 9.72. The third-order valence-corrected chi connectivity index (χ3v) is 12.8. The molecule has 0 amide bonds. The summed E-state index contributed by atoms with van der Waals surface area (Å²) < 4.78 is 5.22. The molecule has 3 heterocycles. The summed E-state index contributed by atoms with van der Waals surface area (Å²) in [6, 6.07) is 39.1. The van der Waals surface area contributed by atoms with Crippen LogP contribution >= 0.6 is 22.7 Å². The Balaban J connectivity index is 1.25. The molecular weight excluding hydrogens is 629 g/mol. The maximum Gasteiger partial charge on any atom is 0.164 e. The van der Waals surface area contributed by atoms with E-state index in [1.165, 1.54) is 78.8 Å². The SMILES string of the molecule is Bc1c(B)c(B)c(-c2nc(-c3ccccc3)nc(-c3ccc4sc5c(-c6cccc7c6sc6ccccc67)cccc5c4c3)n2)c(B)c1B. The zero-order valence-corrected chi connectivity index (χ0v) is 29.7. The number of fused-ring (bicyclic) bond motifs is 6. The van der Waals surface area contributed by atoms with E-state index in [0.29, 0.717) is 11.6 Å². The molecule has 9 aromatic rings. The molecule has 0 bridgehead atoms. The lowest BCUT2D eigenvalue weighted by atomic mass is 9.60. The maximum absolute atomic E-state index is 5.21. The van der Waals surface area contributed by atoms with Crippen LogP contribution in [0.3, 0.4) is 0 Å². The monoisotopic (exact) mass is 657 g/mol. The van der Waals surface area contributed by atoms with Gasteiger partial charge in [0, 0.05) is 68.2 Å². The smallest absolute Gasteiger partial charge is 0.164 e. The summed E-state index contributed by atoms with van der Waals surface area (Å²) in [5.41, 5.74) is 12.0. The van der Waals surface area contributed by atoms with Gasteiger partial charge < -0.3 is 0 Å². The van der Waals surface area contributed by atoms with Gasteiger partial charge in [-0.2, -0.15) is 0 Å². The number of benzene rings is 6. The fraction of sp³-hybridized carbons (Fsp3) is 0. The summed E-state index contributed by atoms with van der Waals surface area (Å²) in [6.07, 6.45) is 0. The molecule has 0 unspecified atom stereocenters. The summed E-state index contributed by atoms with van der Waals surface area (Å²) in [6.45, 7) is 0. The highest BCUT2D eigenvalue weighted by Crippen LogP contribution is 2.45. The average Bonchev–Trinajstić information content (AvgIpc) is 3.72. The molecule has 3 aromatic heterocycles. The van der Waals surface area contributed by atoms with Gasteiger partial charge in [0.05, 0.1) is 0 Å². The van der Waals surface area contributed by atoms with E-state index in [1.807, 2.05) is 40.9 Å². The standard InChI is InChI=1S/C39H28B5N3S2/c40-30-29(31(41)33(43)34(44)32(30)42)39-46-37(19-8-2-1-3-9-19)45-38(47-39)20-16-17-28-26(18-20)25-14-7-13-24(36(25)49-28)23-12-6-11-22-21-10-4-5-15-27(21)48-35(22)23/h1-18H,40-44H2. The predicted molar refractivity (Wildman–Crippen MR) is 228 cm³/mol. The van der Waals surface area contributed by atoms with E-state index < -0.39 is 0 Å². The van der Waals surface area contributed by atoms with Crippen LogP contribution in [0, 0.1) is 0 Å². The van der Waals surface area contributed by atoms with Crippen LogP contribution in [0.5, 0.6) is 0 Å². The van der Waals surface area contributed by atoms with Crippen LogP contribution < -0.4 is 27.3 Å². The van der Waals surface area contributed by atoms with Crippen LogP contribution in [-0.2, 0) is 0 Å². The predicted octanol–water partition coefficient (Wildman–Crippen LogP) is 2.57. The molecule has 0 spiro atoms. The molecule has 226 valence electrons. The lowest BCUT2D eigenvalue weighted by Gasteiger charge is -2.20. The van der Waals surface area contributed by atoms with Crippen molar-refractivity contribution < 1.29 is 0 Å². The molecule has 0 saturated carbocycles. The van der Waals surface area contributed by atoms with E-state index in [9.17, 15) is 0 Å².